The first kappa shape index (κ1) is 22.1. The van der Waals surface area contributed by atoms with Gasteiger partial charge in [-0.05, 0) is 29.8 Å². The van der Waals surface area contributed by atoms with E-state index in [1.807, 2.05) is 28.8 Å². The van der Waals surface area contributed by atoms with Crippen LogP contribution in [0.4, 0.5) is 0 Å². The highest BCUT2D eigenvalue weighted by Gasteiger charge is 2.38. The first-order valence-electron chi connectivity index (χ1n) is 10.3. The van der Waals surface area contributed by atoms with Gasteiger partial charge in [0.05, 0.1) is 49.6 Å². The third kappa shape index (κ3) is 4.30. The van der Waals surface area contributed by atoms with Gasteiger partial charge in [0.2, 0.25) is 0 Å². The number of aromatic nitrogens is 2. The molecular weight excluding hydrogens is 426 g/mol. The number of aromatic carboxylic acids is 1. The molecule has 2 aromatic carbocycles. The van der Waals surface area contributed by atoms with Gasteiger partial charge in [-0.3, -0.25) is 4.79 Å². The molecule has 3 aromatic rings. The second-order valence-electron chi connectivity index (χ2n) is 7.64. The molecule has 0 saturated carbocycles. The van der Waals surface area contributed by atoms with Crippen LogP contribution >= 0.6 is 0 Å². The van der Waals surface area contributed by atoms with Crippen molar-refractivity contribution in [3.63, 3.8) is 0 Å². The lowest BCUT2D eigenvalue weighted by atomic mass is 9.99. The molecule has 0 saturated heterocycles. The van der Waals surface area contributed by atoms with Crippen molar-refractivity contribution >= 4 is 17.8 Å². The predicted molar refractivity (Wildman–Crippen MR) is 117 cm³/mol. The Morgan fingerprint density at radius 1 is 1.06 bits per heavy atom. The highest BCUT2D eigenvalue weighted by atomic mass is 16.5. The Morgan fingerprint density at radius 3 is 2.39 bits per heavy atom. The van der Waals surface area contributed by atoms with E-state index >= 15 is 0 Å². The fraction of sp³-hybridized carbons (Fsp3) is 0.250. The van der Waals surface area contributed by atoms with Gasteiger partial charge < -0.3 is 24.0 Å². The van der Waals surface area contributed by atoms with E-state index in [1.54, 1.807) is 25.6 Å². The zero-order valence-electron chi connectivity index (χ0n) is 18.2. The Bertz CT molecular complexity index is 1200. The van der Waals surface area contributed by atoms with E-state index in [-0.39, 0.29) is 24.1 Å². The number of benzene rings is 2. The van der Waals surface area contributed by atoms with Gasteiger partial charge in [0.1, 0.15) is 11.8 Å². The zero-order valence-corrected chi connectivity index (χ0v) is 18.2. The number of hydrogen-bond acceptors (Lipinski definition) is 6. The Hall–Kier alpha value is -4.14. The number of hydrogen-bond donors (Lipinski definition) is 1. The van der Waals surface area contributed by atoms with Crippen molar-refractivity contribution in [2.24, 2.45) is 0 Å². The summed E-state index contributed by atoms with van der Waals surface area (Å²) in [5.41, 5.74) is 2.40. The topological polar surface area (TPSA) is 111 Å². The summed E-state index contributed by atoms with van der Waals surface area (Å²) in [5.74, 6) is -1.59. The van der Waals surface area contributed by atoms with Crippen LogP contribution in [0.2, 0.25) is 0 Å². The Morgan fingerprint density at radius 2 is 1.76 bits per heavy atom. The quantitative estimate of drug-likeness (QED) is 0.575. The van der Waals surface area contributed by atoms with Gasteiger partial charge in [-0.15, -0.1) is 0 Å². The second kappa shape index (κ2) is 9.15. The number of esters is 1. The van der Waals surface area contributed by atoms with Crippen LogP contribution in [0.15, 0.2) is 54.9 Å². The molecular formula is C24H23N3O6. The number of amides is 1. The molecule has 0 spiro atoms. The van der Waals surface area contributed by atoms with Crippen LogP contribution in [0.25, 0.3) is 0 Å². The lowest BCUT2D eigenvalue weighted by Crippen LogP contribution is -2.49. The van der Waals surface area contributed by atoms with Gasteiger partial charge in [0, 0.05) is 13.0 Å². The van der Waals surface area contributed by atoms with Crippen LogP contribution < -0.4 is 4.74 Å². The Kier molecular flexibility index (Phi) is 6.12. The van der Waals surface area contributed by atoms with Crippen LogP contribution in [0.1, 0.15) is 37.7 Å². The number of methoxy groups -OCH3 is 2. The van der Waals surface area contributed by atoms with E-state index in [2.05, 4.69) is 4.98 Å². The van der Waals surface area contributed by atoms with Crippen molar-refractivity contribution in [3.8, 4) is 5.75 Å². The number of carbonyl (C=O) groups is 3. The molecule has 1 aliphatic heterocycles. The minimum absolute atomic E-state index is 0.0172. The first-order valence-corrected chi connectivity index (χ1v) is 10.3. The normalized spacial score (nSPS) is 15.0. The molecule has 1 N–H and O–H groups in total. The van der Waals surface area contributed by atoms with Crippen molar-refractivity contribution in [2.45, 2.75) is 25.6 Å². The number of nitrogens with zero attached hydrogens (tertiary/aromatic N) is 3. The molecule has 0 fully saturated rings. The first-order chi connectivity index (χ1) is 15.9. The molecule has 4 rings (SSSR count). The number of imidazole rings is 1. The molecule has 0 bridgehead atoms. The van der Waals surface area contributed by atoms with Crippen molar-refractivity contribution < 1.29 is 29.0 Å². The number of carboxylic acid groups (broad SMARTS) is 1. The SMILES string of the molecule is COC(=O)C1Cc2ncn(Cc3ccc(OC)cc3)c2CN1C(=O)c1ccccc1C(=O)O. The third-order valence-corrected chi connectivity index (χ3v) is 5.75. The maximum absolute atomic E-state index is 13.4. The maximum atomic E-state index is 13.4. The lowest BCUT2D eigenvalue weighted by Gasteiger charge is -2.34. The van der Waals surface area contributed by atoms with Crippen LogP contribution in [0.3, 0.4) is 0 Å². The van der Waals surface area contributed by atoms with Crippen molar-refractivity contribution in [1.29, 1.82) is 0 Å². The van der Waals surface area contributed by atoms with Crippen LogP contribution in [-0.2, 0) is 29.0 Å². The molecule has 9 nitrogen and oxygen atoms in total. The monoisotopic (exact) mass is 449 g/mol. The van der Waals surface area contributed by atoms with Crippen molar-refractivity contribution in [3.05, 3.63) is 82.9 Å². The zero-order chi connectivity index (χ0) is 23.5. The largest absolute Gasteiger partial charge is 0.497 e. The van der Waals surface area contributed by atoms with Crippen LogP contribution in [0.5, 0.6) is 5.75 Å². The van der Waals surface area contributed by atoms with Gasteiger partial charge >= 0.3 is 11.9 Å². The molecule has 1 aliphatic rings. The number of fused-ring (bicyclic) bond motifs is 1. The summed E-state index contributed by atoms with van der Waals surface area (Å²) in [7, 11) is 2.86. The second-order valence-corrected chi connectivity index (χ2v) is 7.64. The minimum atomic E-state index is -1.21. The average molecular weight is 449 g/mol. The molecule has 1 aromatic heterocycles. The summed E-state index contributed by atoms with van der Waals surface area (Å²) >= 11 is 0. The minimum Gasteiger partial charge on any atom is -0.497 e. The Labute approximate surface area is 190 Å². The molecule has 170 valence electrons. The fourth-order valence-corrected chi connectivity index (χ4v) is 4.00. The number of ether oxygens (including phenoxy) is 2. The highest BCUT2D eigenvalue weighted by molar-refractivity contribution is 6.05. The van der Waals surface area contributed by atoms with E-state index in [1.165, 1.54) is 24.1 Å². The third-order valence-electron chi connectivity index (χ3n) is 5.75. The molecule has 2 heterocycles. The maximum Gasteiger partial charge on any atom is 0.336 e. The number of carbonyl (C=O) groups excluding carboxylic acids is 2. The molecule has 0 radical (unpaired) electrons. The van der Waals surface area contributed by atoms with Crippen LogP contribution in [-0.4, -0.2) is 57.7 Å². The highest BCUT2D eigenvalue weighted by Crippen LogP contribution is 2.27. The predicted octanol–water partition coefficient (Wildman–Crippen LogP) is 2.38. The van der Waals surface area contributed by atoms with E-state index in [0.29, 0.717) is 12.2 Å². The molecule has 33 heavy (non-hydrogen) atoms. The lowest BCUT2D eigenvalue weighted by molar-refractivity contribution is -0.146. The number of carboxylic acids is 1. The summed E-state index contributed by atoms with van der Waals surface area (Å²) in [6.45, 7) is 0.612. The van der Waals surface area contributed by atoms with E-state index in [9.17, 15) is 19.5 Å². The molecule has 1 amide bonds. The fourth-order valence-electron chi connectivity index (χ4n) is 4.00. The van der Waals surface area contributed by atoms with Gasteiger partial charge in [-0.1, -0.05) is 24.3 Å². The van der Waals surface area contributed by atoms with E-state index in [0.717, 1.165) is 17.0 Å². The summed E-state index contributed by atoms with van der Waals surface area (Å²) in [5, 5.41) is 9.52. The van der Waals surface area contributed by atoms with Crippen molar-refractivity contribution in [2.75, 3.05) is 14.2 Å². The van der Waals surface area contributed by atoms with Gasteiger partial charge in [-0.25, -0.2) is 14.6 Å². The van der Waals surface area contributed by atoms with Gasteiger partial charge in [-0.2, -0.15) is 0 Å². The Balaban J connectivity index is 1.68. The summed E-state index contributed by atoms with van der Waals surface area (Å²) < 4.78 is 12.1. The van der Waals surface area contributed by atoms with Gasteiger partial charge in [0.25, 0.3) is 5.91 Å². The summed E-state index contributed by atoms with van der Waals surface area (Å²) in [6.07, 6.45) is 1.86. The molecule has 1 atom stereocenters. The van der Waals surface area contributed by atoms with Gasteiger partial charge in [0.15, 0.2) is 0 Å². The standard InChI is InChI=1S/C24H23N3O6/c1-32-16-9-7-15(8-10-16)12-26-14-25-19-11-20(24(31)33-2)27(13-21(19)26)22(28)17-5-3-4-6-18(17)23(29)30/h3-10,14,20H,11-13H2,1-2H3,(H,29,30). The van der Waals surface area contributed by atoms with Crippen molar-refractivity contribution in [1.82, 2.24) is 14.5 Å². The smallest absolute Gasteiger partial charge is 0.336 e. The molecule has 1 unspecified atom stereocenters. The van der Waals surface area contributed by atoms with E-state index < -0.39 is 23.9 Å². The van der Waals surface area contributed by atoms with Crippen LogP contribution in [0, 0.1) is 0 Å². The summed E-state index contributed by atoms with van der Waals surface area (Å²) in [4.78, 5) is 43.4. The average Bonchev–Trinajstić information content (AvgIpc) is 3.24. The molecule has 0 aliphatic carbocycles. The molecule has 9 heteroatoms. The number of rotatable bonds is 6. The van der Waals surface area contributed by atoms with E-state index in [4.69, 9.17) is 9.47 Å². The summed E-state index contributed by atoms with van der Waals surface area (Å²) in [6, 6.07) is 12.7.